The number of nitrogens with zero attached hydrogens (tertiary/aromatic N) is 1. The molecule has 24 heavy (non-hydrogen) atoms. The molecule has 124 valence electrons. The third-order valence-corrected chi connectivity index (χ3v) is 4.59. The maximum Gasteiger partial charge on any atom is 0.253 e. The number of amides is 1. The van der Waals surface area contributed by atoms with Crippen LogP contribution in [0.4, 0.5) is 4.39 Å². The predicted molar refractivity (Wildman–Crippen MR) is 90.8 cm³/mol. The van der Waals surface area contributed by atoms with Gasteiger partial charge < -0.3 is 4.90 Å². The second-order valence-corrected chi connectivity index (χ2v) is 6.38. The number of ketones is 1. The van der Waals surface area contributed by atoms with Crippen LogP contribution in [0.2, 0.25) is 5.02 Å². The first-order valence-electron chi connectivity index (χ1n) is 7.89. The minimum Gasteiger partial charge on any atom is -0.339 e. The number of likely N-dealkylation sites (tertiary alicyclic amines) is 1. The van der Waals surface area contributed by atoms with Gasteiger partial charge in [0.1, 0.15) is 5.82 Å². The van der Waals surface area contributed by atoms with E-state index in [1.54, 1.807) is 29.2 Å². The monoisotopic (exact) mass is 345 g/mol. The molecule has 2 aromatic rings. The van der Waals surface area contributed by atoms with Crippen molar-refractivity contribution in [3.63, 3.8) is 0 Å². The summed E-state index contributed by atoms with van der Waals surface area (Å²) in [4.78, 5) is 26.7. The van der Waals surface area contributed by atoms with Crippen LogP contribution < -0.4 is 0 Å². The van der Waals surface area contributed by atoms with Crippen molar-refractivity contribution in [2.24, 2.45) is 5.92 Å². The molecule has 1 fully saturated rings. The summed E-state index contributed by atoms with van der Waals surface area (Å²) < 4.78 is 13.0. The molecule has 0 saturated carbocycles. The number of benzene rings is 2. The average Bonchev–Trinajstić information content (AvgIpc) is 2.61. The van der Waals surface area contributed by atoms with Crippen molar-refractivity contribution in [3.8, 4) is 0 Å². The smallest absolute Gasteiger partial charge is 0.253 e. The van der Waals surface area contributed by atoms with E-state index in [9.17, 15) is 14.0 Å². The van der Waals surface area contributed by atoms with Crippen LogP contribution in [-0.2, 0) is 0 Å². The minimum absolute atomic E-state index is 0.0184. The highest BCUT2D eigenvalue weighted by Gasteiger charge is 2.28. The molecular weight excluding hydrogens is 329 g/mol. The third-order valence-electron chi connectivity index (χ3n) is 4.35. The molecule has 1 aliphatic rings. The molecule has 0 aliphatic carbocycles. The van der Waals surface area contributed by atoms with E-state index in [1.807, 2.05) is 0 Å². The molecule has 0 N–H and O–H groups in total. The van der Waals surface area contributed by atoms with Crippen LogP contribution in [0.25, 0.3) is 0 Å². The fourth-order valence-corrected chi connectivity index (χ4v) is 3.19. The number of hydrogen-bond donors (Lipinski definition) is 0. The summed E-state index contributed by atoms with van der Waals surface area (Å²) in [6.07, 6.45) is 1.23. The van der Waals surface area contributed by atoms with Gasteiger partial charge in [-0.05, 0) is 55.3 Å². The average molecular weight is 346 g/mol. The fourth-order valence-electron chi connectivity index (χ4n) is 3.00. The third kappa shape index (κ3) is 3.65. The number of halogens is 2. The van der Waals surface area contributed by atoms with Crippen LogP contribution in [0, 0.1) is 11.7 Å². The normalized spacial score (nSPS) is 15.3. The molecule has 0 bridgehead atoms. The molecule has 0 unspecified atom stereocenters. The lowest BCUT2D eigenvalue weighted by Crippen LogP contribution is -2.40. The van der Waals surface area contributed by atoms with Crippen LogP contribution in [-0.4, -0.2) is 29.7 Å². The minimum atomic E-state index is -0.353. The molecule has 0 atom stereocenters. The lowest BCUT2D eigenvalue weighted by Gasteiger charge is -2.31. The van der Waals surface area contributed by atoms with Gasteiger partial charge in [0.25, 0.3) is 5.91 Å². The zero-order valence-corrected chi connectivity index (χ0v) is 13.8. The number of carbonyl (C=O) groups is 2. The van der Waals surface area contributed by atoms with Crippen LogP contribution in [0.3, 0.4) is 0 Å². The van der Waals surface area contributed by atoms with Crippen molar-refractivity contribution >= 4 is 23.3 Å². The van der Waals surface area contributed by atoms with Crippen molar-refractivity contribution in [3.05, 3.63) is 70.5 Å². The van der Waals surface area contributed by atoms with Gasteiger partial charge in [-0.25, -0.2) is 4.39 Å². The Labute approximate surface area is 145 Å². The Hall–Kier alpha value is -2.20. The summed E-state index contributed by atoms with van der Waals surface area (Å²) >= 11 is 5.93. The second-order valence-electron chi connectivity index (χ2n) is 5.95. The van der Waals surface area contributed by atoms with E-state index >= 15 is 0 Å². The standard InChI is InChI=1S/C19H17ClFNO2/c20-16-3-1-2-15(12-16)19(24)22-10-8-14(9-11-22)18(23)13-4-6-17(21)7-5-13/h1-7,12,14H,8-11H2. The van der Waals surface area contributed by atoms with Gasteiger partial charge in [-0.15, -0.1) is 0 Å². The Morgan fingerprint density at radius 1 is 1.00 bits per heavy atom. The van der Waals surface area contributed by atoms with Crippen LogP contribution in [0.1, 0.15) is 33.6 Å². The molecule has 2 aromatic carbocycles. The van der Waals surface area contributed by atoms with Crippen molar-refractivity contribution in [2.75, 3.05) is 13.1 Å². The number of rotatable bonds is 3. The highest BCUT2D eigenvalue weighted by atomic mass is 35.5. The zero-order valence-electron chi connectivity index (χ0n) is 13.0. The Bertz CT molecular complexity index is 752. The Kier molecular flexibility index (Phi) is 4.95. The van der Waals surface area contributed by atoms with Gasteiger partial charge >= 0.3 is 0 Å². The van der Waals surface area contributed by atoms with Crippen LogP contribution in [0.15, 0.2) is 48.5 Å². The number of hydrogen-bond acceptors (Lipinski definition) is 2. The molecule has 0 spiro atoms. The van der Waals surface area contributed by atoms with E-state index in [0.29, 0.717) is 42.1 Å². The topological polar surface area (TPSA) is 37.4 Å². The van der Waals surface area contributed by atoms with E-state index in [-0.39, 0.29) is 23.4 Å². The molecular formula is C19H17ClFNO2. The largest absolute Gasteiger partial charge is 0.339 e. The van der Waals surface area contributed by atoms with E-state index in [4.69, 9.17) is 11.6 Å². The van der Waals surface area contributed by atoms with Crippen molar-refractivity contribution < 1.29 is 14.0 Å². The number of piperidine rings is 1. The predicted octanol–water partition coefficient (Wildman–Crippen LogP) is 4.21. The quantitative estimate of drug-likeness (QED) is 0.781. The SMILES string of the molecule is O=C(c1ccc(F)cc1)C1CCN(C(=O)c2cccc(Cl)c2)CC1. The van der Waals surface area contributed by atoms with Gasteiger partial charge in [-0.2, -0.15) is 0 Å². The van der Waals surface area contributed by atoms with Crippen molar-refractivity contribution in [1.82, 2.24) is 4.90 Å². The lowest BCUT2D eigenvalue weighted by atomic mass is 9.88. The summed E-state index contributed by atoms with van der Waals surface area (Å²) in [6.45, 7) is 1.06. The molecule has 1 saturated heterocycles. The molecule has 0 radical (unpaired) electrons. The summed E-state index contributed by atoms with van der Waals surface area (Å²) in [5.41, 5.74) is 1.09. The Balaban J connectivity index is 1.62. The summed E-state index contributed by atoms with van der Waals surface area (Å²) in [5, 5.41) is 0.530. The molecule has 3 nitrogen and oxygen atoms in total. The number of carbonyl (C=O) groups excluding carboxylic acids is 2. The van der Waals surface area contributed by atoms with E-state index < -0.39 is 0 Å². The molecule has 1 aliphatic heterocycles. The van der Waals surface area contributed by atoms with Crippen LogP contribution >= 0.6 is 11.6 Å². The van der Waals surface area contributed by atoms with Gasteiger partial charge in [-0.3, -0.25) is 9.59 Å². The maximum atomic E-state index is 13.0. The Morgan fingerprint density at radius 3 is 2.29 bits per heavy atom. The highest BCUT2D eigenvalue weighted by molar-refractivity contribution is 6.30. The van der Waals surface area contributed by atoms with Gasteiger partial charge in [-0.1, -0.05) is 17.7 Å². The van der Waals surface area contributed by atoms with E-state index in [2.05, 4.69) is 0 Å². The fraction of sp³-hybridized carbons (Fsp3) is 0.263. The molecule has 3 rings (SSSR count). The van der Waals surface area contributed by atoms with E-state index in [1.165, 1.54) is 24.3 Å². The first kappa shape index (κ1) is 16.7. The summed E-state index contributed by atoms with van der Waals surface area (Å²) in [5.74, 6) is -0.526. The number of Topliss-reactive ketones (excluding diaryl/α,β-unsaturated/α-hetero) is 1. The molecule has 5 heteroatoms. The first-order chi connectivity index (χ1) is 11.5. The summed E-state index contributed by atoms with van der Waals surface area (Å²) in [6, 6.07) is 12.5. The first-order valence-corrected chi connectivity index (χ1v) is 8.27. The van der Waals surface area contributed by atoms with Crippen molar-refractivity contribution in [1.29, 1.82) is 0 Å². The lowest BCUT2D eigenvalue weighted by molar-refractivity contribution is 0.0650. The van der Waals surface area contributed by atoms with Crippen LogP contribution in [0.5, 0.6) is 0 Å². The van der Waals surface area contributed by atoms with Gasteiger partial charge in [0, 0.05) is 35.2 Å². The molecule has 1 amide bonds. The Morgan fingerprint density at radius 2 is 1.67 bits per heavy atom. The van der Waals surface area contributed by atoms with Gasteiger partial charge in [0.15, 0.2) is 5.78 Å². The zero-order chi connectivity index (χ0) is 17.1. The van der Waals surface area contributed by atoms with Gasteiger partial charge in [0.05, 0.1) is 0 Å². The highest BCUT2D eigenvalue weighted by Crippen LogP contribution is 2.23. The van der Waals surface area contributed by atoms with Crippen molar-refractivity contribution in [2.45, 2.75) is 12.8 Å². The van der Waals surface area contributed by atoms with Gasteiger partial charge in [0.2, 0.25) is 0 Å². The molecule has 0 aromatic heterocycles. The summed E-state index contributed by atoms with van der Waals surface area (Å²) in [7, 11) is 0. The molecule has 1 heterocycles. The van der Waals surface area contributed by atoms with E-state index in [0.717, 1.165) is 0 Å². The second kappa shape index (κ2) is 7.14. The maximum absolute atomic E-state index is 13.0.